The topological polar surface area (TPSA) is 67.2 Å². The van der Waals surface area contributed by atoms with E-state index in [1.165, 1.54) is 0 Å². The van der Waals surface area contributed by atoms with Gasteiger partial charge in [0, 0.05) is 13.6 Å². The van der Waals surface area contributed by atoms with E-state index in [0.29, 0.717) is 18.2 Å². The number of carbonyl (C=O) groups is 1. The lowest BCUT2D eigenvalue weighted by atomic mass is 9.68. The molecule has 124 valence electrons. The van der Waals surface area contributed by atoms with E-state index in [1.807, 2.05) is 6.92 Å². The Labute approximate surface area is 133 Å². The van der Waals surface area contributed by atoms with E-state index >= 15 is 0 Å². The second-order valence-electron chi connectivity index (χ2n) is 7.84. The van der Waals surface area contributed by atoms with Crippen molar-refractivity contribution in [1.29, 1.82) is 0 Å². The Balaban J connectivity index is 1.89. The summed E-state index contributed by atoms with van der Waals surface area (Å²) < 4.78 is 1.57. The second-order valence-corrected chi connectivity index (χ2v) is 7.84. The fourth-order valence-corrected chi connectivity index (χ4v) is 3.36. The largest absolute Gasteiger partial charge is 0.388 e. The molecule has 0 atom stereocenters. The van der Waals surface area contributed by atoms with Crippen molar-refractivity contribution in [3.05, 3.63) is 17.5 Å². The lowest BCUT2D eigenvalue weighted by Gasteiger charge is -2.41. The van der Waals surface area contributed by atoms with Gasteiger partial charge in [0.2, 0.25) is 0 Å². The van der Waals surface area contributed by atoms with Crippen LogP contribution < -0.4 is 5.32 Å². The molecule has 5 nitrogen and oxygen atoms in total. The molecule has 5 heteroatoms. The summed E-state index contributed by atoms with van der Waals surface area (Å²) in [5.74, 6) is 0.470. The summed E-state index contributed by atoms with van der Waals surface area (Å²) in [5.41, 5.74) is 0.864. The summed E-state index contributed by atoms with van der Waals surface area (Å²) in [6, 6.07) is 1.76. The molecule has 0 bridgehead atoms. The van der Waals surface area contributed by atoms with Gasteiger partial charge in [0.1, 0.15) is 5.69 Å². The van der Waals surface area contributed by atoms with Crippen molar-refractivity contribution in [3.63, 3.8) is 0 Å². The first-order valence-corrected chi connectivity index (χ1v) is 8.12. The molecule has 0 unspecified atom stereocenters. The Morgan fingerprint density at radius 1 is 1.45 bits per heavy atom. The first kappa shape index (κ1) is 17.0. The maximum absolute atomic E-state index is 12.2. The van der Waals surface area contributed by atoms with Gasteiger partial charge in [-0.1, -0.05) is 20.8 Å². The van der Waals surface area contributed by atoms with Crippen molar-refractivity contribution in [3.8, 4) is 0 Å². The number of aliphatic hydroxyl groups is 1. The third kappa shape index (κ3) is 3.88. The molecule has 1 saturated carbocycles. The molecular formula is C17H29N3O2. The van der Waals surface area contributed by atoms with Crippen LogP contribution >= 0.6 is 0 Å². The highest BCUT2D eigenvalue weighted by molar-refractivity contribution is 5.92. The van der Waals surface area contributed by atoms with Crippen molar-refractivity contribution in [2.24, 2.45) is 18.4 Å². The maximum Gasteiger partial charge on any atom is 0.269 e. The van der Waals surface area contributed by atoms with Crippen molar-refractivity contribution in [2.45, 2.75) is 59.0 Å². The predicted octanol–water partition coefficient (Wildman–Crippen LogP) is 2.43. The Kier molecular flexibility index (Phi) is 4.66. The molecule has 0 radical (unpaired) electrons. The molecule has 1 aromatic rings. The van der Waals surface area contributed by atoms with Gasteiger partial charge < -0.3 is 10.4 Å². The van der Waals surface area contributed by atoms with Gasteiger partial charge in [0.05, 0.1) is 11.3 Å². The zero-order valence-electron chi connectivity index (χ0n) is 14.4. The monoisotopic (exact) mass is 307 g/mol. The Morgan fingerprint density at radius 3 is 2.50 bits per heavy atom. The summed E-state index contributed by atoms with van der Waals surface area (Å²) >= 11 is 0. The van der Waals surface area contributed by atoms with Gasteiger partial charge in [-0.3, -0.25) is 9.48 Å². The van der Waals surface area contributed by atoms with E-state index in [9.17, 15) is 9.90 Å². The number of aromatic nitrogens is 2. The molecule has 1 aliphatic rings. The number of nitrogens with one attached hydrogen (secondary N) is 1. The fraction of sp³-hybridized carbons (Fsp3) is 0.765. The summed E-state index contributed by atoms with van der Waals surface area (Å²) in [7, 11) is 1.76. The molecule has 0 spiro atoms. The minimum absolute atomic E-state index is 0.172. The summed E-state index contributed by atoms with van der Waals surface area (Å²) in [5, 5.41) is 17.7. The highest BCUT2D eigenvalue weighted by atomic mass is 16.3. The molecule has 1 fully saturated rings. The zero-order chi connectivity index (χ0) is 16.5. The van der Waals surface area contributed by atoms with Crippen molar-refractivity contribution >= 4 is 5.91 Å². The van der Waals surface area contributed by atoms with Crippen molar-refractivity contribution < 1.29 is 9.90 Å². The highest BCUT2D eigenvalue weighted by Crippen LogP contribution is 2.41. The van der Waals surface area contributed by atoms with Gasteiger partial charge >= 0.3 is 0 Å². The van der Waals surface area contributed by atoms with Crippen LogP contribution in [0.1, 0.15) is 62.6 Å². The van der Waals surface area contributed by atoms with Crippen LogP contribution in [0, 0.1) is 18.3 Å². The molecule has 2 N–H and O–H groups in total. The van der Waals surface area contributed by atoms with Gasteiger partial charge in [0.25, 0.3) is 5.91 Å². The number of amides is 1. The van der Waals surface area contributed by atoms with Crippen LogP contribution in [0.4, 0.5) is 0 Å². The molecule has 2 rings (SSSR count). The van der Waals surface area contributed by atoms with E-state index in [1.54, 1.807) is 17.8 Å². The number of rotatable bonds is 3. The Hall–Kier alpha value is -1.36. The maximum atomic E-state index is 12.2. The summed E-state index contributed by atoms with van der Waals surface area (Å²) in [4.78, 5) is 12.2. The smallest absolute Gasteiger partial charge is 0.269 e. The Morgan fingerprint density at radius 2 is 2.05 bits per heavy atom. The van der Waals surface area contributed by atoms with E-state index < -0.39 is 5.60 Å². The molecule has 1 heterocycles. The SMILES string of the molecule is Cc1cc(C(=O)NCC2(O)CCC(C(C)(C)C)CC2)n(C)n1. The molecule has 1 amide bonds. The van der Waals surface area contributed by atoms with Crippen LogP contribution in [0.5, 0.6) is 0 Å². The molecular weight excluding hydrogens is 278 g/mol. The number of nitrogens with zero attached hydrogens (tertiary/aromatic N) is 2. The van der Waals surface area contributed by atoms with Gasteiger partial charge in [-0.2, -0.15) is 5.10 Å². The third-order valence-corrected chi connectivity index (χ3v) is 4.95. The normalized spacial score (nSPS) is 26.0. The van der Waals surface area contributed by atoms with Crippen LogP contribution in [-0.2, 0) is 7.05 Å². The van der Waals surface area contributed by atoms with Crippen molar-refractivity contribution in [1.82, 2.24) is 15.1 Å². The molecule has 1 aromatic heterocycles. The molecule has 1 aliphatic carbocycles. The first-order valence-electron chi connectivity index (χ1n) is 8.12. The van der Waals surface area contributed by atoms with Gasteiger partial charge in [-0.25, -0.2) is 0 Å². The molecule has 22 heavy (non-hydrogen) atoms. The molecule has 0 saturated heterocycles. The lowest BCUT2D eigenvalue weighted by Crippen LogP contribution is -2.46. The fourth-order valence-electron chi connectivity index (χ4n) is 3.36. The van der Waals surface area contributed by atoms with Gasteiger partial charge in [-0.05, 0) is 50.0 Å². The van der Waals surface area contributed by atoms with Crippen LogP contribution in [0.3, 0.4) is 0 Å². The predicted molar refractivity (Wildman–Crippen MR) is 86.6 cm³/mol. The summed E-state index contributed by atoms with van der Waals surface area (Å²) in [6.07, 6.45) is 3.53. The van der Waals surface area contributed by atoms with Crippen LogP contribution in [0.2, 0.25) is 0 Å². The van der Waals surface area contributed by atoms with E-state index in [0.717, 1.165) is 31.4 Å². The first-order chi connectivity index (χ1) is 10.1. The van der Waals surface area contributed by atoms with E-state index in [4.69, 9.17) is 0 Å². The second kappa shape index (κ2) is 6.03. The summed E-state index contributed by atoms with van der Waals surface area (Å²) in [6.45, 7) is 8.95. The molecule has 0 aromatic carbocycles. The average molecular weight is 307 g/mol. The number of carbonyl (C=O) groups excluding carboxylic acids is 1. The number of hydrogen-bond acceptors (Lipinski definition) is 3. The van der Waals surface area contributed by atoms with Gasteiger partial charge in [-0.15, -0.1) is 0 Å². The zero-order valence-corrected chi connectivity index (χ0v) is 14.4. The minimum atomic E-state index is -0.773. The van der Waals surface area contributed by atoms with Crippen LogP contribution in [0.25, 0.3) is 0 Å². The highest BCUT2D eigenvalue weighted by Gasteiger charge is 2.37. The van der Waals surface area contributed by atoms with E-state index in [-0.39, 0.29) is 11.3 Å². The third-order valence-electron chi connectivity index (χ3n) is 4.95. The van der Waals surface area contributed by atoms with Gasteiger partial charge in [0.15, 0.2) is 0 Å². The quantitative estimate of drug-likeness (QED) is 0.901. The Bertz CT molecular complexity index is 535. The number of aryl methyl sites for hydroxylation is 2. The van der Waals surface area contributed by atoms with Crippen LogP contribution in [0.15, 0.2) is 6.07 Å². The lowest BCUT2D eigenvalue weighted by molar-refractivity contribution is -0.0229. The van der Waals surface area contributed by atoms with E-state index in [2.05, 4.69) is 31.2 Å². The number of hydrogen-bond donors (Lipinski definition) is 2. The average Bonchev–Trinajstić information content (AvgIpc) is 2.75. The molecule has 0 aliphatic heterocycles. The standard InChI is InChI=1S/C17H29N3O2/c1-12-10-14(20(5)19-12)15(21)18-11-17(22)8-6-13(7-9-17)16(2,3)4/h10,13,22H,6-9,11H2,1-5H3,(H,18,21). The van der Waals surface area contributed by atoms with Crippen LogP contribution in [-0.4, -0.2) is 32.9 Å². The van der Waals surface area contributed by atoms with Crippen molar-refractivity contribution in [2.75, 3.05) is 6.54 Å². The minimum Gasteiger partial charge on any atom is -0.388 e.